The van der Waals surface area contributed by atoms with Gasteiger partial charge in [-0.05, 0) is 72.7 Å². The number of nitrogens with zero attached hydrogens (tertiary/aromatic N) is 2. The number of amides is 1. The van der Waals surface area contributed by atoms with Crippen LogP contribution in [0.5, 0.6) is 5.75 Å². The van der Waals surface area contributed by atoms with E-state index < -0.39 is 23.7 Å². The number of benzene rings is 2. The minimum atomic E-state index is -0.947. The zero-order chi connectivity index (χ0) is 27.4. The Morgan fingerprint density at radius 2 is 1.89 bits per heavy atom. The summed E-state index contributed by atoms with van der Waals surface area (Å²) in [5.74, 6) is -1.98. The Balaban J connectivity index is 1.84. The van der Waals surface area contributed by atoms with E-state index in [-0.39, 0.29) is 27.9 Å². The first-order valence-corrected chi connectivity index (χ1v) is 14.1. The molecule has 8 nitrogen and oxygen atoms in total. The van der Waals surface area contributed by atoms with E-state index in [0.29, 0.717) is 29.2 Å². The normalized spacial score (nSPS) is 16.6. The van der Waals surface area contributed by atoms with E-state index in [4.69, 9.17) is 9.47 Å². The maximum Gasteiger partial charge on any atom is 0.350 e. The van der Waals surface area contributed by atoms with Crippen molar-refractivity contribution in [2.45, 2.75) is 39.7 Å². The highest BCUT2D eigenvalue weighted by atomic mass is 127. The van der Waals surface area contributed by atoms with Gasteiger partial charge < -0.3 is 14.6 Å². The number of aliphatic hydroxyl groups is 1. The molecule has 1 saturated heterocycles. The average Bonchev–Trinajstić information content (AvgIpc) is 3.41. The van der Waals surface area contributed by atoms with Crippen molar-refractivity contribution in [3.63, 3.8) is 0 Å². The summed E-state index contributed by atoms with van der Waals surface area (Å²) in [6.07, 6.45) is 1.86. The van der Waals surface area contributed by atoms with Crippen LogP contribution in [0.2, 0.25) is 0 Å². The number of aromatic nitrogens is 1. The summed E-state index contributed by atoms with van der Waals surface area (Å²) in [5, 5.41) is 11.6. The fourth-order valence-corrected chi connectivity index (χ4v) is 5.43. The lowest BCUT2D eigenvalue weighted by Gasteiger charge is -2.23. The lowest BCUT2D eigenvalue weighted by atomic mass is 9.95. The fraction of sp³-hybridized carbons (Fsp3) is 0.286. The zero-order valence-electron chi connectivity index (χ0n) is 21.2. The number of aliphatic hydroxyl groups excluding tert-OH is 1. The number of hydrogen-bond acceptors (Lipinski definition) is 8. The van der Waals surface area contributed by atoms with Crippen LogP contribution < -0.4 is 9.64 Å². The highest BCUT2D eigenvalue weighted by molar-refractivity contribution is 14.1. The van der Waals surface area contributed by atoms with E-state index in [9.17, 15) is 19.5 Å². The molecule has 4 rings (SSSR count). The second kappa shape index (κ2) is 12.1. The third-order valence-corrected chi connectivity index (χ3v) is 7.81. The zero-order valence-corrected chi connectivity index (χ0v) is 24.2. The van der Waals surface area contributed by atoms with E-state index in [0.717, 1.165) is 27.7 Å². The number of Topliss-reactive ketones (excluding diaryl/α,β-unsaturated/α-hetero) is 1. The number of hydrogen-bond donors (Lipinski definition) is 1. The van der Waals surface area contributed by atoms with Gasteiger partial charge in [-0.15, -0.1) is 0 Å². The van der Waals surface area contributed by atoms with Gasteiger partial charge in [0, 0.05) is 9.13 Å². The first kappa shape index (κ1) is 27.8. The molecule has 1 aliphatic rings. The van der Waals surface area contributed by atoms with Gasteiger partial charge in [0.1, 0.15) is 16.4 Å². The summed E-state index contributed by atoms with van der Waals surface area (Å²) in [6, 6.07) is 13.2. The maximum atomic E-state index is 13.4. The number of ether oxygens (including phenoxy) is 2. The Bertz CT molecular complexity index is 1400. The smallest absolute Gasteiger partial charge is 0.350 e. The van der Waals surface area contributed by atoms with Crippen molar-refractivity contribution < 1.29 is 29.0 Å². The van der Waals surface area contributed by atoms with Crippen LogP contribution in [0, 0.1) is 10.5 Å². The lowest BCUT2D eigenvalue weighted by Crippen LogP contribution is -2.29. The predicted octanol–water partition coefficient (Wildman–Crippen LogP) is 6.04. The second-order valence-corrected chi connectivity index (χ2v) is 10.8. The van der Waals surface area contributed by atoms with Gasteiger partial charge in [-0.1, -0.05) is 48.9 Å². The number of ketones is 1. The minimum Gasteiger partial charge on any atom is -0.507 e. The molecule has 1 unspecified atom stereocenters. The Labute approximate surface area is 238 Å². The van der Waals surface area contributed by atoms with Crippen molar-refractivity contribution in [2.75, 3.05) is 18.1 Å². The van der Waals surface area contributed by atoms with Gasteiger partial charge in [-0.2, -0.15) is 0 Å². The monoisotopic (exact) mass is 646 g/mol. The van der Waals surface area contributed by atoms with Crippen LogP contribution >= 0.6 is 33.9 Å². The van der Waals surface area contributed by atoms with Crippen molar-refractivity contribution in [2.24, 2.45) is 0 Å². The highest BCUT2D eigenvalue weighted by Gasteiger charge is 2.48. The van der Waals surface area contributed by atoms with E-state index in [1.807, 2.05) is 12.1 Å². The molecule has 1 amide bonds. The number of anilines is 1. The van der Waals surface area contributed by atoms with Crippen LogP contribution in [0.15, 0.2) is 54.1 Å². The van der Waals surface area contributed by atoms with Crippen LogP contribution in [0.1, 0.15) is 59.2 Å². The fourth-order valence-electron chi connectivity index (χ4n) is 4.08. The Morgan fingerprint density at radius 1 is 1.16 bits per heavy atom. The Hall–Kier alpha value is -3.25. The molecule has 1 aromatic heterocycles. The van der Waals surface area contributed by atoms with Crippen molar-refractivity contribution >= 4 is 62.5 Å². The van der Waals surface area contributed by atoms with Crippen LogP contribution in [-0.4, -0.2) is 41.0 Å². The maximum absolute atomic E-state index is 13.4. The van der Waals surface area contributed by atoms with Gasteiger partial charge in [0.2, 0.25) is 0 Å². The SMILES string of the molecule is CCCCOc1cccc(C(O)=C2C(=O)C(=O)N(c3nc(C)c(C(=O)OCC)s3)C2c2ccc(I)cc2)c1. The third-order valence-electron chi connectivity index (χ3n) is 5.96. The highest BCUT2D eigenvalue weighted by Crippen LogP contribution is 2.44. The molecule has 0 saturated carbocycles. The topological polar surface area (TPSA) is 106 Å². The summed E-state index contributed by atoms with van der Waals surface area (Å²) >= 11 is 3.14. The van der Waals surface area contributed by atoms with Crippen molar-refractivity contribution in [1.82, 2.24) is 4.98 Å². The molecule has 2 aromatic carbocycles. The Kier molecular flexibility index (Phi) is 8.83. The third kappa shape index (κ3) is 5.60. The Morgan fingerprint density at radius 3 is 2.58 bits per heavy atom. The first-order valence-electron chi connectivity index (χ1n) is 12.2. The summed E-state index contributed by atoms with van der Waals surface area (Å²) in [4.78, 5) is 45.2. The molecule has 0 spiro atoms. The molecule has 0 aliphatic carbocycles. The van der Waals surface area contributed by atoms with E-state index in [1.165, 1.54) is 4.90 Å². The standard InChI is InChI=1S/C28H27IN2O6S/c1-4-6-14-37-20-9-7-8-18(15-20)23(32)21-22(17-10-12-19(29)13-11-17)31(26(34)24(21)33)28-30-16(3)25(38-28)27(35)36-5-2/h7-13,15,22,32H,4-6,14H2,1-3H3. The van der Waals surface area contributed by atoms with Crippen molar-refractivity contribution in [1.29, 1.82) is 0 Å². The number of rotatable bonds is 9. The van der Waals surface area contributed by atoms with Gasteiger partial charge in [0.25, 0.3) is 5.78 Å². The number of carbonyl (C=O) groups excluding carboxylic acids is 3. The van der Waals surface area contributed by atoms with Gasteiger partial charge in [-0.25, -0.2) is 9.78 Å². The first-order chi connectivity index (χ1) is 18.3. The largest absolute Gasteiger partial charge is 0.507 e. The molecule has 0 radical (unpaired) electrons. The molecule has 3 aromatic rings. The molecule has 10 heteroatoms. The molecule has 2 heterocycles. The number of thiazole rings is 1. The number of carbonyl (C=O) groups is 3. The molecule has 198 valence electrons. The molecule has 1 fully saturated rings. The quantitative estimate of drug-likeness (QED) is 0.0755. The summed E-state index contributed by atoms with van der Waals surface area (Å²) in [6.45, 7) is 6.13. The van der Waals surface area contributed by atoms with Gasteiger partial charge >= 0.3 is 11.9 Å². The van der Waals surface area contributed by atoms with Gasteiger partial charge in [-0.3, -0.25) is 14.5 Å². The van der Waals surface area contributed by atoms with Crippen LogP contribution in [0.4, 0.5) is 5.13 Å². The second-order valence-electron chi connectivity index (χ2n) is 8.58. The van der Waals surface area contributed by atoms with Gasteiger partial charge in [0.15, 0.2) is 5.13 Å². The number of halogens is 1. The number of esters is 1. The van der Waals surface area contributed by atoms with Gasteiger partial charge in [0.05, 0.1) is 30.5 Å². The minimum absolute atomic E-state index is 0.0625. The van der Waals surface area contributed by atoms with Crippen LogP contribution in [-0.2, 0) is 14.3 Å². The van der Waals surface area contributed by atoms with Crippen molar-refractivity contribution in [3.05, 3.63) is 79.4 Å². The summed E-state index contributed by atoms with van der Waals surface area (Å²) in [5.41, 5.74) is 1.30. The predicted molar refractivity (Wildman–Crippen MR) is 154 cm³/mol. The molecule has 38 heavy (non-hydrogen) atoms. The molecule has 0 bridgehead atoms. The molecule has 1 atom stereocenters. The number of unbranched alkanes of at least 4 members (excludes halogenated alkanes) is 1. The summed E-state index contributed by atoms with van der Waals surface area (Å²) in [7, 11) is 0. The average molecular weight is 647 g/mol. The van der Waals surface area contributed by atoms with E-state index in [1.54, 1.807) is 50.2 Å². The molecule has 1 aliphatic heterocycles. The van der Waals surface area contributed by atoms with E-state index in [2.05, 4.69) is 34.5 Å². The molecule has 1 N–H and O–H groups in total. The molecular weight excluding hydrogens is 619 g/mol. The molecular formula is C28H27IN2O6S. The lowest BCUT2D eigenvalue weighted by molar-refractivity contribution is -0.132. The number of aryl methyl sites for hydroxylation is 1. The van der Waals surface area contributed by atoms with E-state index >= 15 is 0 Å². The van der Waals surface area contributed by atoms with Crippen LogP contribution in [0.25, 0.3) is 5.76 Å². The van der Waals surface area contributed by atoms with Crippen molar-refractivity contribution in [3.8, 4) is 5.75 Å². The summed E-state index contributed by atoms with van der Waals surface area (Å²) < 4.78 is 11.9. The van der Waals surface area contributed by atoms with Crippen LogP contribution in [0.3, 0.4) is 0 Å².